The first-order valence-corrected chi connectivity index (χ1v) is 8.62. The van der Waals surface area contributed by atoms with Crippen LogP contribution >= 0.6 is 0 Å². The zero-order valence-electron chi connectivity index (χ0n) is 14.1. The average Bonchev–Trinajstić information content (AvgIpc) is 2.87. The van der Waals surface area contributed by atoms with Gasteiger partial charge in [-0.05, 0) is 29.9 Å². The van der Waals surface area contributed by atoms with Crippen molar-refractivity contribution in [1.29, 1.82) is 0 Å². The number of rotatable bonds is 1. The van der Waals surface area contributed by atoms with E-state index in [1.165, 1.54) is 0 Å². The number of hydrogen-bond acceptors (Lipinski definition) is 2. The van der Waals surface area contributed by atoms with E-state index >= 15 is 0 Å². The molecule has 1 fully saturated rings. The molecule has 3 heteroatoms. The van der Waals surface area contributed by atoms with Crippen LogP contribution in [0.1, 0.15) is 46.5 Å². The second-order valence-corrected chi connectivity index (χ2v) is 7.26. The number of likely N-dealkylation sites (tertiary alicyclic amines) is 1. The Bertz CT molecular complexity index is 829. The van der Waals surface area contributed by atoms with Crippen LogP contribution in [0.25, 0.3) is 11.1 Å². The number of carbonyl (C=O) groups is 2. The van der Waals surface area contributed by atoms with Crippen molar-refractivity contribution in [3.8, 4) is 11.1 Å². The molecule has 0 bridgehead atoms. The van der Waals surface area contributed by atoms with E-state index in [4.69, 9.17) is 0 Å². The molecule has 4 rings (SSSR count). The molecule has 2 atom stereocenters. The first-order valence-electron chi connectivity index (χ1n) is 8.62. The topological polar surface area (TPSA) is 37.4 Å². The predicted octanol–water partition coefficient (Wildman–Crippen LogP) is 4.02. The Hall–Kier alpha value is -2.42. The monoisotopic (exact) mass is 319 g/mol. The number of hydrogen-bond donors (Lipinski definition) is 0. The van der Waals surface area contributed by atoms with Gasteiger partial charge in [-0.15, -0.1) is 0 Å². The van der Waals surface area contributed by atoms with Crippen LogP contribution in [0.3, 0.4) is 0 Å². The minimum absolute atomic E-state index is 0.0237. The van der Waals surface area contributed by atoms with Crippen molar-refractivity contribution in [3.63, 3.8) is 0 Å². The normalized spacial score (nSPS) is 22.2. The molecular weight excluding hydrogens is 298 g/mol. The number of nitrogens with zero attached hydrogens (tertiary/aromatic N) is 1. The molecule has 1 heterocycles. The molecule has 0 aromatic heterocycles. The molecule has 1 saturated heterocycles. The van der Waals surface area contributed by atoms with Gasteiger partial charge in [0.25, 0.3) is 5.91 Å². The summed E-state index contributed by atoms with van der Waals surface area (Å²) in [5.41, 5.74) is 3.72. The lowest BCUT2D eigenvalue weighted by atomic mass is 9.90. The van der Waals surface area contributed by atoms with Crippen molar-refractivity contribution < 1.29 is 9.59 Å². The van der Waals surface area contributed by atoms with Crippen LogP contribution in [0, 0.1) is 11.8 Å². The lowest BCUT2D eigenvalue weighted by Crippen LogP contribution is -2.42. The highest BCUT2D eigenvalue weighted by Crippen LogP contribution is 2.39. The molecule has 3 nitrogen and oxygen atoms in total. The van der Waals surface area contributed by atoms with E-state index in [2.05, 4.69) is 13.8 Å². The van der Waals surface area contributed by atoms with Gasteiger partial charge in [0.15, 0.2) is 5.78 Å². The molecule has 1 aliphatic heterocycles. The molecular formula is C21H21NO2. The lowest BCUT2D eigenvalue weighted by Gasteiger charge is -2.35. The molecule has 2 aliphatic rings. The number of benzene rings is 2. The first-order chi connectivity index (χ1) is 11.6. The van der Waals surface area contributed by atoms with Gasteiger partial charge in [0.1, 0.15) is 0 Å². The molecule has 0 saturated carbocycles. The minimum atomic E-state index is 0.0237. The van der Waals surface area contributed by atoms with Crippen LogP contribution in [0.5, 0.6) is 0 Å². The molecule has 0 radical (unpaired) electrons. The van der Waals surface area contributed by atoms with Crippen LogP contribution in [0.4, 0.5) is 0 Å². The van der Waals surface area contributed by atoms with Crippen molar-refractivity contribution in [2.45, 2.75) is 20.3 Å². The van der Waals surface area contributed by atoms with Crippen LogP contribution < -0.4 is 0 Å². The van der Waals surface area contributed by atoms with E-state index in [1.807, 2.05) is 47.4 Å². The van der Waals surface area contributed by atoms with Crippen molar-refractivity contribution in [3.05, 3.63) is 59.2 Å². The van der Waals surface area contributed by atoms with Gasteiger partial charge in [0.05, 0.1) is 0 Å². The molecule has 0 N–H and O–H groups in total. The fourth-order valence-corrected chi connectivity index (χ4v) is 4.25. The predicted molar refractivity (Wildman–Crippen MR) is 94.2 cm³/mol. The van der Waals surface area contributed by atoms with E-state index in [0.29, 0.717) is 28.5 Å². The maximum absolute atomic E-state index is 13.2. The minimum Gasteiger partial charge on any atom is -0.338 e. The summed E-state index contributed by atoms with van der Waals surface area (Å²) >= 11 is 0. The summed E-state index contributed by atoms with van der Waals surface area (Å²) in [6.45, 7) is 5.99. The Kier molecular flexibility index (Phi) is 3.52. The number of ketones is 1. The lowest BCUT2D eigenvalue weighted by molar-refractivity contribution is 0.0624. The summed E-state index contributed by atoms with van der Waals surface area (Å²) in [6.07, 6.45) is 1.16. The summed E-state index contributed by atoms with van der Waals surface area (Å²) in [5.74, 6) is 1.11. The van der Waals surface area contributed by atoms with E-state index in [-0.39, 0.29) is 11.7 Å². The van der Waals surface area contributed by atoms with Crippen LogP contribution in [0.2, 0.25) is 0 Å². The van der Waals surface area contributed by atoms with E-state index in [1.54, 1.807) is 0 Å². The second kappa shape index (κ2) is 5.59. The van der Waals surface area contributed by atoms with E-state index in [0.717, 1.165) is 30.6 Å². The van der Waals surface area contributed by atoms with Gasteiger partial charge >= 0.3 is 0 Å². The highest BCUT2D eigenvalue weighted by atomic mass is 16.2. The smallest absolute Gasteiger partial charge is 0.254 e. The van der Waals surface area contributed by atoms with Crippen LogP contribution in [-0.4, -0.2) is 29.7 Å². The largest absolute Gasteiger partial charge is 0.338 e. The summed E-state index contributed by atoms with van der Waals surface area (Å²) < 4.78 is 0. The summed E-state index contributed by atoms with van der Waals surface area (Å²) in [5, 5.41) is 0. The van der Waals surface area contributed by atoms with Crippen molar-refractivity contribution in [1.82, 2.24) is 4.90 Å². The van der Waals surface area contributed by atoms with E-state index in [9.17, 15) is 9.59 Å². The molecule has 1 aliphatic carbocycles. The Labute approximate surface area is 142 Å². The van der Waals surface area contributed by atoms with E-state index < -0.39 is 0 Å². The van der Waals surface area contributed by atoms with Gasteiger partial charge in [-0.25, -0.2) is 0 Å². The third-order valence-electron chi connectivity index (χ3n) is 5.14. The maximum Gasteiger partial charge on any atom is 0.254 e. The number of carbonyl (C=O) groups excluding carboxylic acids is 2. The summed E-state index contributed by atoms with van der Waals surface area (Å²) in [7, 11) is 0. The second-order valence-electron chi connectivity index (χ2n) is 7.26. The van der Waals surface area contributed by atoms with Gasteiger partial charge in [0.2, 0.25) is 0 Å². The van der Waals surface area contributed by atoms with Gasteiger partial charge in [-0.3, -0.25) is 9.59 Å². The third kappa shape index (κ3) is 2.27. The van der Waals surface area contributed by atoms with Crippen LogP contribution in [-0.2, 0) is 0 Å². The Balaban J connectivity index is 1.80. The highest BCUT2D eigenvalue weighted by molar-refractivity contribution is 6.24. The molecule has 0 spiro atoms. The number of fused-ring (bicyclic) bond motifs is 3. The molecule has 2 aromatic carbocycles. The Morgan fingerprint density at radius 3 is 2.25 bits per heavy atom. The zero-order chi connectivity index (χ0) is 16.8. The van der Waals surface area contributed by atoms with Crippen molar-refractivity contribution >= 4 is 11.7 Å². The zero-order valence-corrected chi connectivity index (χ0v) is 14.1. The van der Waals surface area contributed by atoms with Crippen LogP contribution in [0.15, 0.2) is 42.5 Å². The fourth-order valence-electron chi connectivity index (χ4n) is 4.25. The molecule has 122 valence electrons. The summed E-state index contributed by atoms with van der Waals surface area (Å²) in [4.78, 5) is 27.8. The van der Waals surface area contributed by atoms with Crippen molar-refractivity contribution in [2.24, 2.45) is 11.8 Å². The quantitative estimate of drug-likeness (QED) is 0.679. The third-order valence-corrected chi connectivity index (χ3v) is 5.14. The van der Waals surface area contributed by atoms with Crippen molar-refractivity contribution in [2.75, 3.05) is 13.1 Å². The van der Waals surface area contributed by atoms with Gasteiger partial charge in [-0.1, -0.05) is 50.2 Å². The standard InChI is InChI=1S/C21H21NO2/c1-13-10-14(2)12-22(11-13)21(24)18-9-5-8-17-19(18)15-6-3-4-7-16(15)20(17)23/h3-9,13-14H,10-12H2,1-2H3. The maximum atomic E-state index is 13.2. The first kappa shape index (κ1) is 15.1. The SMILES string of the molecule is CC1CC(C)CN(C(=O)c2cccc3c2-c2ccccc2C3=O)C1. The van der Waals surface area contributed by atoms with Gasteiger partial charge in [-0.2, -0.15) is 0 Å². The Morgan fingerprint density at radius 1 is 0.917 bits per heavy atom. The molecule has 24 heavy (non-hydrogen) atoms. The highest BCUT2D eigenvalue weighted by Gasteiger charge is 2.33. The summed E-state index contributed by atoms with van der Waals surface area (Å²) in [6, 6.07) is 13.1. The Morgan fingerprint density at radius 2 is 1.54 bits per heavy atom. The van der Waals surface area contributed by atoms with Gasteiger partial charge in [0, 0.05) is 35.3 Å². The number of piperidine rings is 1. The molecule has 1 amide bonds. The number of amides is 1. The fraction of sp³-hybridized carbons (Fsp3) is 0.333. The molecule has 2 aromatic rings. The van der Waals surface area contributed by atoms with Gasteiger partial charge < -0.3 is 4.90 Å². The molecule has 2 unspecified atom stereocenters. The average molecular weight is 319 g/mol.